The number of urea groups is 1. The highest BCUT2D eigenvalue weighted by Gasteiger charge is 2.30. The van der Waals surface area contributed by atoms with E-state index >= 15 is 0 Å². The molecular weight excluding hydrogens is 346 g/mol. The lowest BCUT2D eigenvalue weighted by atomic mass is 10.1. The summed E-state index contributed by atoms with van der Waals surface area (Å²) in [7, 11) is 1.32. The molecule has 0 unspecified atom stereocenters. The Labute approximate surface area is 157 Å². The van der Waals surface area contributed by atoms with E-state index in [1.54, 1.807) is 0 Å². The van der Waals surface area contributed by atoms with Crippen LogP contribution in [0.25, 0.3) is 10.8 Å². The van der Waals surface area contributed by atoms with Gasteiger partial charge in [0.2, 0.25) is 5.91 Å². The number of carbonyl (C=O) groups excluding carboxylic acids is 3. The van der Waals surface area contributed by atoms with E-state index in [9.17, 15) is 14.4 Å². The van der Waals surface area contributed by atoms with Crippen LogP contribution in [0.5, 0.6) is 0 Å². The fraction of sp³-hybridized carbons (Fsp3) is 0.350. The smallest absolute Gasteiger partial charge is 0.340 e. The molecule has 7 heteroatoms. The lowest BCUT2D eigenvalue weighted by Gasteiger charge is -2.28. The second-order valence-corrected chi connectivity index (χ2v) is 6.38. The number of carbonyl (C=O) groups is 3. The van der Waals surface area contributed by atoms with Gasteiger partial charge in [-0.15, -0.1) is 0 Å². The third-order valence-electron chi connectivity index (χ3n) is 4.58. The van der Waals surface area contributed by atoms with E-state index in [4.69, 9.17) is 0 Å². The molecule has 0 radical (unpaired) electrons. The van der Waals surface area contributed by atoms with E-state index < -0.39 is 0 Å². The van der Waals surface area contributed by atoms with Crippen LogP contribution in [0, 0.1) is 0 Å². The number of hydrazine groups is 1. The molecule has 1 saturated heterocycles. The van der Waals surface area contributed by atoms with Gasteiger partial charge < -0.3 is 10.1 Å². The van der Waals surface area contributed by atoms with Crippen molar-refractivity contribution in [1.82, 2.24) is 10.0 Å². The van der Waals surface area contributed by atoms with Gasteiger partial charge in [0, 0.05) is 31.3 Å². The lowest BCUT2D eigenvalue weighted by Crippen LogP contribution is -2.46. The van der Waals surface area contributed by atoms with Crippen molar-refractivity contribution >= 4 is 34.4 Å². The van der Waals surface area contributed by atoms with Gasteiger partial charge in [0.1, 0.15) is 0 Å². The standard InChI is InChI=1S/C20H23N3O4/c1-27-19(25)12-5-11-18(24)22-13-6-14-23(22)20(26)21-17-10-4-8-15-7-2-3-9-16(15)17/h2-4,7-10H,5-6,11-14H2,1H3,(H,21,26). The first-order valence-corrected chi connectivity index (χ1v) is 9.03. The topological polar surface area (TPSA) is 79.0 Å². The molecule has 3 amide bonds. The van der Waals surface area contributed by atoms with Gasteiger partial charge in [0.25, 0.3) is 0 Å². The maximum Gasteiger partial charge on any atom is 0.340 e. The zero-order valence-electron chi connectivity index (χ0n) is 15.3. The number of anilines is 1. The Morgan fingerprint density at radius 1 is 1.00 bits per heavy atom. The van der Waals surface area contributed by atoms with Crippen molar-refractivity contribution in [3.63, 3.8) is 0 Å². The van der Waals surface area contributed by atoms with E-state index in [0.717, 1.165) is 17.2 Å². The zero-order valence-corrected chi connectivity index (χ0v) is 15.3. The minimum Gasteiger partial charge on any atom is -0.469 e. The fourth-order valence-corrected chi connectivity index (χ4v) is 3.21. The molecule has 1 N–H and O–H groups in total. The third-order valence-corrected chi connectivity index (χ3v) is 4.58. The first-order chi connectivity index (χ1) is 13.1. The summed E-state index contributed by atoms with van der Waals surface area (Å²) in [6.45, 7) is 0.985. The first-order valence-electron chi connectivity index (χ1n) is 9.03. The molecule has 2 aromatic rings. The zero-order chi connectivity index (χ0) is 19.2. The molecule has 0 saturated carbocycles. The predicted molar refractivity (Wildman–Crippen MR) is 102 cm³/mol. The maximum absolute atomic E-state index is 12.7. The Hall–Kier alpha value is -3.09. The average Bonchev–Trinajstić information content (AvgIpc) is 3.18. The number of rotatable bonds is 5. The van der Waals surface area contributed by atoms with E-state index in [0.29, 0.717) is 25.2 Å². The van der Waals surface area contributed by atoms with Crippen LogP contribution in [0.3, 0.4) is 0 Å². The molecule has 0 aromatic heterocycles. The fourth-order valence-electron chi connectivity index (χ4n) is 3.21. The number of methoxy groups -OCH3 is 1. The lowest BCUT2D eigenvalue weighted by molar-refractivity contribution is -0.142. The van der Waals surface area contributed by atoms with E-state index in [-0.39, 0.29) is 30.7 Å². The molecule has 1 aliphatic rings. The Bertz CT molecular complexity index is 847. The Morgan fingerprint density at radius 3 is 2.56 bits per heavy atom. The van der Waals surface area contributed by atoms with E-state index in [1.165, 1.54) is 17.1 Å². The minimum absolute atomic E-state index is 0.163. The summed E-state index contributed by atoms with van der Waals surface area (Å²) in [5, 5.41) is 7.81. The van der Waals surface area contributed by atoms with Gasteiger partial charge in [0.05, 0.1) is 12.8 Å². The van der Waals surface area contributed by atoms with Crippen LogP contribution in [0.15, 0.2) is 42.5 Å². The van der Waals surface area contributed by atoms with Crippen LogP contribution in [0.1, 0.15) is 25.7 Å². The molecular formula is C20H23N3O4. The molecule has 3 rings (SSSR count). The number of hydrogen-bond donors (Lipinski definition) is 1. The molecule has 0 spiro atoms. The second-order valence-electron chi connectivity index (χ2n) is 6.38. The minimum atomic E-state index is -0.338. The number of amides is 3. The Balaban J connectivity index is 1.64. The monoisotopic (exact) mass is 369 g/mol. The molecule has 142 valence electrons. The molecule has 2 aromatic carbocycles. The van der Waals surface area contributed by atoms with Gasteiger partial charge in [0.15, 0.2) is 0 Å². The highest BCUT2D eigenvalue weighted by molar-refractivity contribution is 6.02. The number of ether oxygens (including phenoxy) is 1. The third kappa shape index (κ3) is 4.36. The highest BCUT2D eigenvalue weighted by Crippen LogP contribution is 2.24. The van der Waals surface area contributed by atoms with E-state index in [1.807, 2.05) is 42.5 Å². The quantitative estimate of drug-likeness (QED) is 0.821. The summed E-state index contributed by atoms with van der Waals surface area (Å²) in [5.41, 5.74) is 0.711. The summed E-state index contributed by atoms with van der Waals surface area (Å²) < 4.78 is 4.58. The molecule has 1 heterocycles. The van der Waals surface area contributed by atoms with Crippen molar-refractivity contribution in [1.29, 1.82) is 0 Å². The first kappa shape index (κ1) is 18.7. The van der Waals surface area contributed by atoms with Crippen LogP contribution in [-0.2, 0) is 14.3 Å². The summed E-state index contributed by atoms with van der Waals surface area (Å²) in [5.74, 6) is -0.501. The van der Waals surface area contributed by atoms with Gasteiger partial charge in [-0.3, -0.25) is 14.6 Å². The second kappa shape index (κ2) is 8.53. The van der Waals surface area contributed by atoms with Crippen molar-refractivity contribution in [2.75, 3.05) is 25.5 Å². The molecule has 7 nitrogen and oxygen atoms in total. The SMILES string of the molecule is COC(=O)CCCC(=O)N1CCCN1C(=O)Nc1cccc2ccccc12. The maximum atomic E-state index is 12.7. The van der Waals surface area contributed by atoms with Crippen molar-refractivity contribution in [3.8, 4) is 0 Å². The van der Waals surface area contributed by atoms with Crippen LogP contribution in [0.4, 0.5) is 10.5 Å². The van der Waals surface area contributed by atoms with Crippen molar-refractivity contribution in [2.45, 2.75) is 25.7 Å². The van der Waals surface area contributed by atoms with Crippen molar-refractivity contribution < 1.29 is 19.1 Å². The summed E-state index contributed by atoms with van der Waals surface area (Å²) in [6, 6.07) is 13.2. The molecule has 1 aliphatic heterocycles. The number of benzene rings is 2. The van der Waals surface area contributed by atoms with Gasteiger partial charge in [-0.25, -0.2) is 9.80 Å². The Kier molecular flexibility index (Phi) is 5.90. The van der Waals surface area contributed by atoms with Gasteiger partial charge in [-0.1, -0.05) is 36.4 Å². The summed E-state index contributed by atoms with van der Waals surface area (Å²) >= 11 is 0. The molecule has 1 fully saturated rings. The van der Waals surface area contributed by atoms with E-state index in [2.05, 4.69) is 10.1 Å². The molecule has 0 atom stereocenters. The van der Waals surface area contributed by atoms with Crippen molar-refractivity contribution in [2.24, 2.45) is 0 Å². The molecule has 0 aliphatic carbocycles. The molecule has 27 heavy (non-hydrogen) atoms. The Morgan fingerprint density at radius 2 is 1.74 bits per heavy atom. The van der Waals surface area contributed by atoms with Crippen LogP contribution < -0.4 is 5.32 Å². The number of esters is 1. The van der Waals surface area contributed by atoms with Gasteiger partial charge >= 0.3 is 12.0 Å². The van der Waals surface area contributed by atoms with Crippen molar-refractivity contribution in [3.05, 3.63) is 42.5 Å². The summed E-state index contributed by atoms with van der Waals surface area (Å²) in [4.78, 5) is 36.4. The van der Waals surface area contributed by atoms with Crippen LogP contribution >= 0.6 is 0 Å². The number of fused-ring (bicyclic) bond motifs is 1. The van der Waals surface area contributed by atoms with Gasteiger partial charge in [-0.2, -0.15) is 0 Å². The molecule has 0 bridgehead atoms. The van der Waals surface area contributed by atoms with Crippen LogP contribution in [-0.4, -0.2) is 48.1 Å². The summed E-state index contributed by atoms with van der Waals surface area (Å²) in [6.07, 6.45) is 1.53. The van der Waals surface area contributed by atoms with Gasteiger partial charge in [-0.05, 0) is 24.3 Å². The highest BCUT2D eigenvalue weighted by atomic mass is 16.5. The average molecular weight is 369 g/mol. The normalized spacial score (nSPS) is 13.7. The largest absolute Gasteiger partial charge is 0.469 e. The predicted octanol–water partition coefficient (Wildman–Crippen LogP) is 3.16. The number of nitrogens with one attached hydrogen (secondary N) is 1. The number of hydrogen-bond acceptors (Lipinski definition) is 4. The number of nitrogens with zero attached hydrogens (tertiary/aromatic N) is 2. The van der Waals surface area contributed by atoms with Crippen LogP contribution in [0.2, 0.25) is 0 Å².